The fourth-order valence-electron chi connectivity index (χ4n) is 4.21. The minimum atomic E-state index is -0.479. The highest BCUT2D eigenvalue weighted by Crippen LogP contribution is 2.44. The van der Waals surface area contributed by atoms with E-state index < -0.39 is 5.92 Å². The van der Waals surface area contributed by atoms with Crippen LogP contribution in [0.5, 0.6) is 11.5 Å². The molecule has 0 saturated heterocycles. The maximum absolute atomic E-state index is 13.1. The molecule has 0 fully saturated rings. The Hall–Kier alpha value is -2.76. The second kappa shape index (κ2) is 9.83. The molecule has 30 heavy (non-hydrogen) atoms. The smallest absolute Gasteiger partial charge is 0.336 e. The lowest BCUT2D eigenvalue weighted by molar-refractivity contribution is -0.139. The number of benzene rings is 1. The summed E-state index contributed by atoms with van der Waals surface area (Å²) in [6, 6.07) is 5.55. The van der Waals surface area contributed by atoms with Crippen molar-refractivity contribution in [2.75, 3.05) is 20.8 Å². The molecule has 1 aromatic rings. The molecule has 162 valence electrons. The molecular weight excluding hydrogens is 382 g/mol. The molecule has 0 amide bonds. The Kier molecular flexibility index (Phi) is 7.19. The van der Waals surface area contributed by atoms with Crippen LogP contribution in [0.3, 0.4) is 0 Å². The lowest BCUT2D eigenvalue weighted by atomic mass is 9.75. The highest BCUT2D eigenvalue weighted by atomic mass is 16.5. The Morgan fingerprint density at radius 1 is 1.13 bits per heavy atom. The first kappa shape index (κ1) is 21.9. The quantitative estimate of drug-likeness (QED) is 0.503. The van der Waals surface area contributed by atoms with Crippen LogP contribution in [0, 0.1) is 0 Å². The topological polar surface area (TPSA) is 73.9 Å². The number of hydrogen-bond donors (Lipinski definition) is 1. The molecule has 1 aromatic carbocycles. The zero-order valence-corrected chi connectivity index (χ0v) is 18.3. The maximum Gasteiger partial charge on any atom is 0.336 e. The van der Waals surface area contributed by atoms with Crippen molar-refractivity contribution < 1.29 is 23.8 Å². The molecule has 1 unspecified atom stereocenters. The molecule has 0 bridgehead atoms. The molecule has 1 atom stereocenters. The molecule has 6 nitrogen and oxygen atoms in total. The molecule has 2 aliphatic rings. The van der Waals surface area contributed by atoms with Gasteiger partial charge in [0.05, 0.1) is 26.4 Å². The van der Waals surface area contributed by atoms with E-state index in [4.69, 9.17) is 14.2 Å². The average molecular weight is 414 g/mol. The third-order valence-electron chi connectivity index (χ3n) is 5.72. The molecule has 1 heterocycles. The largest absolute Gasteiger partial charge is 0.493 e. The molecule has 0 saturated carbocycles. The van der Waals surface area contributed by atoms with Gasteiger partial charge in [0.25, 0.3) is 0 Å². The van der Waals surface area contributed by atoms with E-state index in [9.17, 15) is 9.59 Å². The van der Waals surface area contributed by atoms with Gasteiger partial charge >= 0.3 is 5.97 Å². The van der Waals surface area contributed by atoms with E-state index in [1.165, 1.54) is 0 Å². The maximum atomic E-state index is 13.1. The number of esters is 1. The standard InChI is InChI=1S/C24H31NO5/c1-5-6-7-13-30-24(27)21-15(2)25-17-9-8-10-18(26)23(17)22(21)16-11-12-19(28-3)20(14-16)29-4/h11-12,14,22,25H,5-10,13H2,1-4H3. The van der Waals surface area contributed by atoms with E-state index in [1.807, 2.05) is 25.1 Å². The third kappa shape index (κ3) is 4.37. The number of ether oxygens (including phenoxy) is 3. The number of ketones is 1. The van der Waals surface area contributed by atoms with Gasteiger partial charge in [-0.3, -0.25) is 4.79 Å². The zero-order valence-electron chi connectivity index (χ0n) is 18.3. The number of allylic oxidation sites excluding steroid dienone is 3. The number of rotatable bonds is 8. The lowest BCUT2D eigenvalue weighted by Gasteiger charge is -2.34. The SMILES string of the molecule is CCCCCOC(=O)C1=C(C)NC2=C(C(=O)CCC2)C1c1ccc(OC)c(OC)c1. The Labute approximate surface area is 178 Å². The molecule has 1 N–H and O–H groups in total. The molecular formula is C24H31NO5. The number of Topliss-reactive ketones (excluding diaryl/α,β-unsaturated/α-hetero) is 1. The summed E-state index contributed by atoms with van der Waals surface area (Å²) < 4.78 is 16.4. The van der Waals surface area contributed by atoms with Crippen molar-refractivity contribution in [3.63, 3.8) is 0 Å². The van der Waals surface area contributed by atoms with Crippen molar-refractivity contribution in [1.29, 1.82) is 0 Å². The van der Waals surface area contributed by atoms with E-state index in [2.05, 4.69) is 12.2 Å². The van der Waals surface area contributed by atoms with Crippen LogP contribution in [0.15, 0.2) is 40.7 Å². The number of dihydropyridines is 1. The lowest BCUT2D eigenvalue weighted by Crippen LogP contribution is -2.34. The first-order valence-corrected chi connectivity index (χ1v) is 10.6. The highest BCUT2D eigenvalue weighted by Gasteiger charge is 2.39. The van der Waals surface area contributed by atoms with Gasteiger partial charge in [-0.25, -0.2) is 4.79 Å². The van der Waals surface area contributed by atoms with Gasteiger partial charge in [0.1, 0.15) is 0 Å². The van der Waals surface area contributed by atoms with Crippen LogP contribution in [0.4, 0.5) is 0 Å². The second-order valence-electron chi connectivity index (χ2n) is 7.72. The predicted octanol–water partition coefficient (Wildman–Crippen LogP) is 4.41. The predicted molar refractivity (Wildman–Crippen MR) is 114 cm³/mol. The number of carbonyl (C=O) groups is 2. The molecule has 3 rings (SSSR count). The van der Waals surface area contributed by atoms with Crippen molar-refractivity contribution >= 4 is 11.8 Å². The summed E-state index contributed by atoms with van der Waals surface area (Å²) in [5.74, 6) is 0.386. The van der Waals surface area contributed by atoms with Crippen molar-refractivity contribution in [2.24, 2.45) is 0 Å². The van der Waals surface area contributed by atoms with Gasteiger partial charge < -0.3 is 19.5 Å². The van der Waals surface area contributed by atoms with Gasteiger partial charge in [-0.05, 0) is 43.9 Å². The Morgan fingerprint density at radius 3 is 2.60 bits per heavy atom. The first-order chi connectivity index (χ1) is 14.5. The molecule has 0 spiro atoms. The van der Waals surface area contributed by atoms with E-state index >= 15 is 0 Å². The number of methoxy groups -OCH3 is 2. The van der Waals surface area contributed by atoms with E-state index in [-0.39, 0.29) is 11.8 Å². The first-order valence-electron chi connectivity index (χ1n) is 10.6. The van der Waals surface area contributed by atoms with E-state index in [0.717, 1.165) is 49.1 Å². The number of carbonyl (C=O) groups excluding carboxylic acids is 2. The van der Waals surface area contributed by atoms with E-state index in [1.54, 1.807) is 14.2 Å². The second-order valence-corrected chi connectivity index (χ2v) is 7.72. The highest BCUT2D eigenvalue weighted by molar-refractivity contribution is 6.03. The van der Waals surface area contributed by atoms with Crippen LogP contribution in [-0.2, 0) is 14.3 Å². The van der Waals surface area contributed by atoms with E-state index in [0.29, 0.717) is 35.7 Å². The summed E-state index contributed by atoms with van der Waals surface area (Å²) in [7, 11) is 3.15. The van der Waals surface area contributed by atoms with Crippen molar-refractivity contribution in [3.8, 4) is 11.5 Å². The van der Waals surface area contributed by atoms with Crippen LogP contribution in [0.2, 0.25) is 0 Å². The van der Waals surface area contributed by atoms with Gasteiger partial charge in [-0.1, -0.05) is 25.8 Å². The van der Waals surface area contributed by atoms with Crippen LogP contribution < -0.4 is 14.8 Å². The molecule has 0 radical (unpaired) electrons. The van der Waals surface area contributed by atoms with Gasteiger partial charge in [-0.2, -0.15) is 0 Å². The molecule has 1 aliphatic carbocycles. The van der Waals surface area contributed by atoms with Crippen LogP contribution >= 0.6 is 0 Å². The van der Waals surface area contributed by atoms with Crippen molar-refractivity contribution in [3.05, 3.63) is 46.3 Å². The molecule has 1 aliphatic heterocycles. The zero-order chi connectivity index (χ0) is 21.7. The normalized spacial score (nSPS) is 18.7. The fourth-order valence-corrected chi connectivity index (χ4v) is 4.21. The monoisotopic (exact) mass is 413 g/mol. The van der Waals surface area contributed by atoms with Gasteiger partial charge in [-0.15, -0.1) is 0 Å². The van der Waals surface area contributed by atoms with Gasteiger partial charge in [0.2, 0.25) is 0 Å². The van der Waals surface area contributed by atoms with Crippen LogP contribution in [-0.4, -0.2) is 32.6 Å². The summed E-state index contributed by atoms with van der Waals surface area (Å²) in [4.78, 5) is 26.0. The van der Waals surface area contributed by atoms with Gasteiger partial charge in [0.15, 0.2) is 17.3 Å². The summed E-state index contributed by atoms with van der Waals surface area (Å²) in [6.45, 7) is 4.36. The van der Waals surface area contributed by atoms with Crippen LogP contribution in [0.25, 0.3) is 0 Å². The molecule has 0 aromatic heterocycles. The minimum Gasteiger partial charge on any atom is -0.493 e. The van der Waals surface area contributed by atoms with Crippen molar-refractivity contribution in [1.82, 2.24) is 5.32 Å². The minimum absolute atomic E-state index is 0.0762. The van der Waals surface area contributed by atoms with Crippen molar-refractivity contribution in [2.45, 2.75) is 58.3 Å². The number of nitrogens with one attached hydrogen (secondary N) is 1. The summed E-state index contributed by atoms with van der Waals surface area (Å²) >= 11 is 0. The number of hydrogen-bond acceptors (Lipinski definition) is 6. The third-order valence-corrected chi connectivity index (χ3v) is 5.72. The molecule has 6 heteroatoms. The Bertz CT molecular complexity index is 884. The average Bonchev–Trinajstić information content (AvgIpc) is 2.75. The summed E-state index contributed by atoms with van der Waals surface area (Å²) in [5.41, 5.74) is 3.62. The fraction of sp³-hybridized carbons (Fsp3) is 0.500. The van der Waals surface area contributed by atoms with Gasteiger partial charge in [0, 0.05) is 29.3 Å². The Balaban J connectivity index is 2.04. The Morgan fingerprint density at radius 2 is 1.90 bits per heavy atom. The number of unbranched alkanes of at least 4 members (excludes halogenated alkanes) is 2. The summed E-state index contributed by atoms with van der Waals surface area (Å²) in [6.07, 6.45) is 4.99. The van der Waals surface area contributed by atoms with Crippen LogP contribution in [0.1, 0.15) is 63.9 Å². The summed E-state index contributed by atoms with van der Waals surface area (Å²) in [5, 5.41) is 3.31.